The van der Waals surface area contributed by atoms with Gasteiger partial charge in [0.15, 0.2) is 0 Å². The Morgan fingerprint density at radius 3 is 2.68 bits per heavy atom. The van der Waals surface area contributed by atoms with Crippen molar-refractivity contribution in [3.05, 3.63) is 35.9 Å². The molecular formula is C16H19N3. The van der Waals surface area contributed by atoms with Crippen LogP contribution in [0.4, 0.5) is 5.82 Å². The van der Waals surface area contributed by atoms with E-state index >= 15 is 0 Å². The van der Waals surface area contributed by atoms with Crippen LogP contribution >= 0.6 is 0 Å². The first-order valence-electron chi connectivity index (χ1n) is 6.65. The van der Waals surface area contributed by atoms with Gasteiger partial charge in [0.2, 0.25) is 0 Å². The zero-order chi connectivity index (χ0) is 13.8. The van der Waals surface area contributed by atoms with Gasteiger partial charge in [-0.2, -0.15) is 5.26 Å². The number of fused-ring (bicyclic) bond motifs is 1. The maximum Gasteiger partial charge on any atom is 0.144 e. The third-order valence-electron chi connectivity index (χ3n) is 3.57. The number of nitrogens with zero attached hydrogens (tertiary/aromatic N) is 2. The van der Waals surface area contributed by atoms with Crippen LogP contribution in [-0.2, 0) is 0 Å². The smallest absolute Gasteiger partial charge is 0.144 e. The summed E-state index contributed by atoms with van der Waals surface area (Å²) in [5, 5.41) is 13.5. The number of rotatable bonds is 4. The Balaban J connectivity index is 2.29. The van der Waals surface area contributed by atoms with Crippen molar-refractivity contribution in [1.29, 1.82) is 5.26 Å². The van der Waals surface area contributed by atoms with Crippen molar-refractivity contribution in [3.63, 3.8) is 0 Å². The molecule has 0 saturated carbocycles. The third-order valence-corrected chi connectivity index (χ3v) is 3.57. The Labute approximate surface area is 114 Å². The fraction of sp³-hybridized carbons (Fsp3) is 0.375. The van der Waals surface area contributed by atoms with Crippen LogP contribution in [0.3, 0.4) is 0 Å². The average molecular weight is 253 g/mol. The minimum absolute atomic E-state index is 0.541. The molecule has 1 unspecified atom stereocenters. The summed E-state index contributed by atoms with van der Waals surface area (Å²) in [7, 11) is 0. The maximum absolute atomic E-state index is 9.22. The van der Waals surface area contributed by atoms with Gasteiger partial charge in [-0.3, -0.25) is 0 Å². The number of hydrogen-bond acceptors (Lipinski definition) is 3. The molecule has 0 aliphatic rings. The van der Waals surface area contributed by atoms with Gasteiger partial charge in [-0.15, -0.1) is 0 Å². The highest BCUT2D eigenvalue weighted by molar-refractivity contribution is 5.82. The molecule has 98 valence electrons. The Kier molecular flexibility index (Phi) is 4.01. The van der Waals surface area contributed by atoms with Crippen LogP contribution in [0.1, 0.15) is 26.3 Å². The molecule has 0 bridgehead atoms. The van der Waals surface area contributed by atoms with Crippen molar-refractivity contribution in [3.8, 4) is 6.07 Å². The fourth-order valence-corrected chi connectivity index (χ4v) is 1.83. The number of benzene rings is 1. The highest BCUT2D eigenvalue weighted by Crippen LogP contribution is 2.20. The van der Waals surface area contributed by atoms with Crippen LogP contribution in [0.2, 0.25) is 0 Å². The van der Waals surface area contributed by atoms with E-state index in [9.17, 15) is 5.26 Å². The molecule has 2 rings (SSSR count). The average Bonchev–Trinajstić information content (AvgIpc) is 2.43. The van der Waals surface area contributed by atoms with E-state index in [0.29, 0.717) is 23.2 Å². The summed E-state index contributed by atoms with van der Waals surface area (Å²) in [5.74, 6) is 1.84. The van der Waals surface area contributed by atoms with Gasteiger partial charge in [0.25, 0.3) is 0 Å². The van der Waals surface area contributed by atoms with Crippen LogP contribution in [0, 0.1) is 23.2 Å². The molecule has 0 amide bonds. The van der Waals surface area contributed by atoms with Gasteiger partial charge in [0.05, 0.1) is 11.1 Å². The highest BCUT2D eigenvalue weighted by atomic mass is 15.0. The molecule has 0 aliphatic heterocycles. The summed E-state index contributed by atoms with van der Waals surface area (Å²) in [6, 6.07) is 12.0. The summed E-state index contributed by atoms with van der Waals surface area (Å²) in [6.07, 6.45) is 0. The van der Waals surface area contributed by atoms with Gasteiger partial charge in [0.1, 0.15) is 11.9 Å². The molecule has 0 fully saturated rings. The van der Waals surface area contributed by atoms with Crippen LogP contribution < -0.4 is 5.32 Å². The number of aromatic nitrogens is 1. The molecular weight excluding hydrogens is 234 g/mol. The summed E-state index contributed by atoms with van der Waals surface area (Å²) in [6.45, 7) is 7.43. The zero-order valence-electron chi connectivity index (χ0n) is 11.6. The van der Waals surface area contributed by atoms with Crippen molar-refractivity contribution in [2.24, 2.45) is 11.8 Å². The molecule has 1 heterocycles. The predicted octanol–water partition coefficient (Wildman–Crippen LogP) is 3.81. The minimum Gasteiger partial charge on any atom is -0.369 e. The molecule has 0 radical (unpaired) electrons. The molecule has 0 saturated heterocycles. The van der Waals surface area contributed by atoms with Gasteiger partial charge in [0, 0.05) is 11.9 Å². The van der Waals surface area contributed by atoms with Crippen LogP contribution in [0.5, 0.6) is 0 Å². The number of nitriles is 1. The van der Waals surface area contributed by atoms with Crippen LogP contribution in [0.25, 0.3) is 10.9 Å². The molecule has 3 heteroatoms. The van der Waals surface area contributed by atoms with Gasteiger partial charge < -0.3 is 5.32 Å². The van der Waals surface area contributed by atoms with Gasteiger partial charge in [-0.25, -0.2) is 4.98 Å². The second-order valence-corrected chi connectivity index (χ2v) is 5.29. The van der Waals surface area contributed by atoms with Crippen LogP contribution in [0.15, 0.2) is 30.3 Å². The quantitative estimate of drug-likeness (QED) is 0.901. The van der Waals surface area contributed by atoms with E-state index < -0.39 is 0 Å². The topological polar surface area (TPSA) is 48.7 Å². The number of hydrogen-bond donors (Lipinski definition) is 1. The summed E-state index contributed by atoms with van der Waals surface area (Å²) >= 11 is 0. The van der Waals surface area contributed by atoms with E-state index in [0.717, 1.165) is 17.4 Å². The van der Waals surface area contributed by atoms with E-state index in [-0.39, 0.29) is 0 Å². The van der Waals surface area contributed by atoms with Gasteiger partial charge >= 0.3 is 0 Å². The first-order valence-corrected chi connectivity index (χ1v) is 6.65. The maximum atomic E-state index is 9.22. The fourth-order valence-electron chi connectivity index (χ4n) is 1.83. The molecule has 2 aromatic rings. The number of para-hydroxylation sites is 1. The van der Waals surface area contributed by atoms with Crippen molar-refractivity contribution in [2.45, 2.75) is 20.8 Å². The van der Waals surface area contributed by atoms with E-state index in [4.69, 9.17) is 0 Å². The SMILES string of the molecule is CC(C)C(C)CNc1nc2ccccc2cc1C#N. The standard InChI is InChI=1S/C16H19N3/c1-11(2)12(3)10-18-16-14(9-17)8-13-6-4-5-7-15(13)19-16/h4-8,11-12H,10H2,1-3H3,(H,18,19). The minimum atomic E-state index is 0.541. The Hall–Kier alpha value is -2.08. The largest absolute Gasteiger partial charge is 0.369 e. The normalized spacial score (nSPS) is 12.4. The molecule has 3 nitrogen and oxygen atoms in total. The summed E-state index contributed by atoms with van der Waals surface area (Å²) in [4.78, 5) is 4.54. The van der Waals surface area contributed by atoms with E-state index in [1.54, 1.807) is 0 Å². The van der Waals surface area contributed by atoms with Crippen molar-refractivity contribution in [2.75, 3.05) is 11.9 Å². The molecule has 0 spiro atoms. The molecule has 0 aliphatic carbocycles. The van der Waals surface area contributed by atoms with E-state index in [2.05, 4.69) is 37.1 Å². The first kappa shape index (κ1) is 13.4. The molecule has 19 heavy (non-hydrogen) atoms. The van der Waals surface area contributed by atoms with E-state index in [1.807, 2.05) is 30.3 Å². The summed E-state index contributed by atoms with van der Waals surface area (Å²) < 4.78 is 0. The van der Waals surface area contributed by atoms with Gasteiger partial charge in [-0.05, 0) is 24.0 Å². The first-order chi connectivity index (χ1) is 9.11. The molecule has 1 aromatic heterocycles. The number of pyridine rings is 1. The summed E-state index contributed by atoms with van der Waals surface area (Å²) in [5.41, 5.74) is 1.52. The van der Waals surface area contributed by atoms with Crippen molar-refractivity contribution in [1.82, 2.24) is 4.98 Å². The Morgan fingerprint density at radius 1 is 1.26 bits per heavy atom. The van der Waals surface area contributed by atoms with Gasteiger partial charge in [-0.1, -0.05) is 39.0 Å². The van der Waals surface area contributed by atoms with E-state index in [1.165, 1.54) is 0 Å². The lowest BCUT2D eigenvalue weighted by molar-refractivity contribution is 0.439. The lowest BCUT2D eigenvalue weighted by atomic mass is 9.98. The number of anilines is 1. The Bertz CT molecular complexity index is 611. The number of nitrogens with one attached hydrogen (secondary N) is 1. The lowest BCUT2D eigenvalue weighted by Gasteiger charge is -2.17. The predicted molar refractivity (Wildman–Crippen MR) is 78.9 cm³/mol. The van der Waals surface area contributed by atoms with Crippen LogP contribution in [-0.4, -0.2) is 11.5 Å². The van der Waals surface area contributed by atoms with Crippen molar-refractivity contribution < 1.29 is 0 Å². The second-order valence-electron chi connectivity index (χ2n) is 5.29. The third kappa shape index (κ3) is 3.03. The highest BCUT2D eigenvalue weighted by Gasteiger charge is 2.10. The molecule has 1 atom stereocenters. The Morgan fingerprint density at radius 2 is 2.00 bits per heavy atom. The molecule has 1 N–H and O–H groups in total. The second kappa shape index (κ2) is 5.71. The molecule has 1 aromatic carbocycles. The van der Waals surface area contributed by atoms with Crippen molar-refractivity contribution >= 4 is 16.7 Å². The zero-order valence-corrected chi connectivity index (χ0v) is 11.6. The monoisotopic (exact) mass is 253 g/mol. The lowest BCUT2D eigenvalue weighted by Crippen LogP contribution is -2.17.